The van der Waals surface area contributed by atoms with Crippen molar-refractivity contribution in [3.05, 3.63) is 101 Å². The monoisotopic (exact) mass is 462 g/mol. The molecule has 3 rings (SSSR count). The van der Waals surface area contributed by atoms with Crippen LogP contribution in [0.2, 0.25) is 0 Å². The molecule has 0 fully saturated rings. The molecule has 0 spiro atoms. The van der Waals surface area contributed by atoms with Gasteiger partial charge in [-0.3, -0.25) is 30.0 Å². The second-order valence-corrected chi connectivity index (χ2v) is 7.45. The molecule has 0 aliphatic carbocycles. The van der Waals surface area contributed by atoms with E-state index in [4.69, 9.17) is 4.74 Å². The Kier molecular flexibility index (Phi) is 8.23. The number of hydrazine groups is 1. The van der Waals surface area contributed by atoms with Gasteiger partial charge in [0.25, 0.3) is 5.91 Å². The van der Waals surface area contributed by atoms with Gasteiger partial charge in [-0.25, -0.2) is 4.39 Å². The maximum Gasteiger partial charge on any atom is 0.279 e. The zero-order valence-electron chi connectivity index (χ0n) is 18.4. The van der Waals surface area contributed by atoms with Crippen molar-refractivity contribution in [2.24, 2.45) is 0 Å². The largest absolute Gasteiger partial charge is 0.481 e. The summed E-state index contributed by atoms with van der Waals surface area (Å²) in [7, 11) is 0. The van der Waals surface area contributed by atoms with Crippen molar-refractivity contribution in [3.63, 3.8) is 0 Å². The van der Waals surface area contributed by atoms with Gasteiger partial charge in [-0.2, -0.15) is 0 Å². The van der Waals surface area contributed by atoms with Crippen LogP contribution in [-0.4, -0.2) is 29.5 Å². The predicted octanol–water partition coefficient (Wildman–Crippen LogP) is 3.63. The molecule has 0 heterocycles. The smallest absolute Gasteiger partial charge is 0.279 e. The minimum Gasteiger partial charge on any atom is -0.481 e. The molecule has 2 amide bonds. The Labute approximate surface area is 195 Å². The van der Waals surface area contributed by atoms with E-state index in [0.29, 0.717) is 22.4 Å². The molecule has 34 heavy (non-hydrogen) atoms. The first-order chi connectivity index (χ1) is 16.3. The van der Waals surface area contributed by atoms with Gasteiger partial charge >= 0.3 is 0 Å². The fourth-order valence-electron chi connectivity index (χ4n) is 3.00. The zero-order chi connectivity index (χ0) is 24.5. The summed E-state index contributed by atoms with van der Waals surface area (Å²) in [5.74, 6) is -1.66. The number of benzene rings is 3. The molecular weight excluding hydrogens is 439 g/mol. The molecule has 0 radical (unpaired) electrons. The first-order valence-corrected chi connectivity index (χ1v) is 10.6. The van der Waals surface area contributed by atoms with Gasteiger partial charge in [0, 0.05) is 29.5 Å². The summed E-state index contributed by atoms with van der Waals surface area (Å²) in [5, 5.41) is 0. The third-order valence-electron chi connectivity index (χ3n) is 4.91. The Balaban J connectivity index is 1.42. The number of hydrogen-bond donors (Lipinski definition) is 2. The van der Waals surface area contributed by atoms with Crippen LogP contribution in [0.1, 0.15) is 46.0 Å². The van der Waals surface area contributed by atoms with E-state index in [1.807, 2.05) is 6.07 Å². The maximum absolute atomic E-state index is 12.9. The predicted molar refractivity (Wildman–Crippen MR) is 123 cm³/mol. The van der Waals surface area contributed by atoms with Crippen molar-refractivity contribution in [1.29, 1.82) is 0 Å². The topological polar surface area (TPSA) is 102 Å². The SMILES string of the molecule is CC(Oc1ccc(C(=O)c2ccccc2)cc1)C(=O)NNC(=O)CCC(=O)c1ccc(F)cc1. The van der Waals surface area contributed by atoms with Crippen LogP contribution < -0.4 is 15.6 Å². The number of Topliss-reactive ketones (excluding diaryl/α,β-unsaturated/α-hetero) is 1. The molecule has 0 bridgehead atoms. The van der Waals surface area contributed by atoms with E-state index in [2.05, 4.69) is 10.9 Å². The molecule has 174 valence electrons. The van der Waals surface area contributed by atoms with E-state index >= 15 is 0 Å². The average Bonchev–Trinajstić information content (AvgIpc) is 2.86. The normalized spacial score (nSPS) is 11.2. The summed E-state index contributed by atoms with van der Waals surface area (Å²) in [6.07, 6.45) is -1.17. The van der Waals surface area contributed by atoms with Crippen LogP contribution in [0.4, 0.5) is 4.39 Å². The van der Waals surface area contributed by atoms with Crippen molar-refractivity contribution < 1.29 is 28.3 Å². The van der Waals surface area contributed by atoms with Crippen LogP contribution >= 0.6 is 0 Å². The van der Waals surface area contributed by atoms with Gasteiger partial charge < -0.3 is 4.74 Å². The van der Waals surface area contributed by atoms with Gasteiger partial charge in [0.05, 0.1) is 0 Å². The Morgan fingerprint density at radius 2 is 1.35 bits per heavy atom. The van der Waals surface area contributed by atoms with E-state index in [1.54, 1.807) is 48.5 Å². The van der Waals surface area contributed by atoms with Crippen LogP contribution in [0.25, 0.3) is 0 Å². The van der Waals surface area contributed by atoms with Crippen molar-refractivity contribution in [3.8, 4) is 5.75 Å². The first kappa shape index (κ1) is 24.3. The quantitative estimate of drug-likeness (QED) is 0.374. The third kappa shape index (κ3) is 6.83. The molecule has 2 N–H and O–H groups in total. The highest BCUT2D eigenvalue weighted by Crippen LogP contribution is 2.17. The Bertz CT molecular complexity index is 1160. The molecule has 7 nitrogen and oxygen atoms in total. The molecule has 1 unspecified atom stereocenters. The summed E-state index contributed by atoms with van der Waals surface area (Å²) in [6.45, 7) is 1.50. The van der Waals surface area contributed by atoms with Gasteiger partial charge in [-0.1, -0.05) is 30.3 Å². The van der Waals surface area contributed by atoms with E-state index in [1.165, 1.54) is 31.2 Å². The molecule has 0 aliphatic rings. The summed E-state index contributed by atoms with van der Waals surface area (Å²) in [5.41, 5.74) is 5.83. The third-order valence-corrected chi connectivity index (χ3v) is 4.91. The number of nitrogens with one attached hydrogen (secondary N) is 2. The lowest BCUT2D eigenvalue weighted by Gasteiger charge is -2.15. The number of ketones is 2. The minimum absolute atomic E-state index is 0.0898. The van der Waals surface area contributed by atoms with E-state index < -0.39 is 23.7 Å². The summed E-state index contributed by atoms with van der Waals surface area (Å²) < 4.78 is 18.5. The van der Waals surface area contributed by atoms with Crippen molar-refractivity contribution in [1.82, 2.24) is 10.9 Å². The standard InChI is InChI=1S/C26H23FN2O5/c1-17(34-22-13-9-20(10-14-22)25(32)19-5-3-2-4-6-19)26(33)29-28-24(31)16-15-23(30)18-7-11-21(27)12-8-18/h2-14,17H,15-16H2,1H3,(H,28,31)(H,29,33). The maximum atomic E-state index is 12.9. The number of rotatable bonds is 9. The molecule has 0 aliphatic heterocycles. The van der Waals surface area contributed by atoms with Crippen molar-refractivity contribution in [2.45, 2.75) is 25.9 Å². The fraction of sp³-hybridized carbons (Fsp3) is 0.154. The van der Waals surface area contributed by atoms with Crippen LogP contribution in [0.3, 0.4) is 0 Å². The molecule has 3 aromatic carbocycles. The number of carbonyl (C=O) groups is 4. The Hall–Kier alpha value is -4.33. The molecule has 8 heteroatoms. The molecule has 0 saturated carbocycles. The van der Waals surface area contributed by atoms with Crippen LogP contribution in [0.15, 0.2) is 78.9 Å². The highest BCUT2D eigenvalue weighted by Gasteiger charge is 2.17. The minimum atomic E-state index is -0.933. The highest BCUT2D eigenvalue weighted by molar-refractivity contribution is 6.09. The van der Waals surface area contributed by atoms with Crippen LogP contribution in [-0.2, 0) is 9.59 Å². The van der Waals surface area contributed by atoms with E-state index in [-0.39, 0.29) is 24.4 Å². The molecule has 0 aromatic heterocycles. The molecular formula is C26H23FN2O5. The second-order valence-electron chi connectivity index (χ2n) is 7.45. The molecule has 1 atom stereocenters. The van der Waals surface area contributed by atoms with Gasteiger partial charge in [0.2, 0.25) is 5.91 Å². The lowest BCUT2D eigenvalue weighted by Crippen LogP contribution is -2.47. The first-order valence-electron chi connectivity index (χ1n) is 10.6. The van der Waals surface area contributed by atoms with E-state index in [0.717, 1.165) is 0 Å². The number of ether oxygens (including phenoxy) is 1. The fourth-order valence-corrected chi connectivity index (χ4v) is 3.00. The summed E-state index contributed by atoms with van der Waals surface area (Å²) in [6, 6.07) is 20.3. The van der Waals surface area contributed by atoms with Gasteiger partial charge in [0.1, 0.15) is 11.6 Å². The van der Waals surface area contributed by atoms with Crippen LogP contribution in [0, 0.1) is 5.82 Å². The highest BCUT2D eigenvalue weighted by atomic mass is 19.1. The zero-order valence-corrected chi connectivity index (χ0v) is 18.4. The number of carbonyl (C=O) groups excluding carboxylic acids is 4. The van der Waals surface area contributed by atoms with Gasteiger partial charge in [-0.15, -0.1) is 0 Å². The van der Waals surface area contributed by atoms with Crippen molar-refractivity contribution in [2.75, 3.05) is 0 Å². The number of hydrogen-bond acceptors (Lipinski definition) is 5. The van der Waals surface area contributed by atoms with Gasteiger partial charge in [0.15, 0.2) is 17.7 Å². The summed E-state index contributed by atoms with van der Waals surface area (Å²) in [4.78, 5) is 48.6. The second kappa shape index (κ2) is 11.5. The van der Waals surface area contributed by atoms with Crippen LogP contribution in [0.5, 0.6) is 5.75 Å². The van der Waals surface area contributed by atoms with E-state index in [9.17, 15) is 23.6 Å². The lowest BCUT2D eigenvalue weighted by molar-refractivity contribution is -0.132. The molecule has 3 aromatic rings. The average molecular weight is 462 g/mol. The Morgan fingerprint density at radius 3 is 2.00 bits per heavy atom. The molecule has 0 saturated heterocycles. The number of amides is 2. The van der Waals surface area contributed by atoms with Gasteiger partial charge in [-0.05, 0) is 55.5 Å². The summed E-state index contributed by atoms with van der Waals surface area (Å²) >= 11 is 0. The van der Waals surface area contributed by atoms with Crippen molar-refractivity contribution >= 4 is 23.4 Å². The number of halogens is 1. The lowest BCUT2D eigenvalue weighted by atomic mass is 10.0. The Morgan fingerprint density at radius 1 is 0.765 bits per heavy atom.